The highest BCUT2D eigenvalue weighted by Gasteiger charge is 2.10. The maximum atomic E-state index is 12.0. The van der Waals surface area contributed by atoms with Gasteiger partial charge in [0.05, 0.1) is 0 Å². The predicted octanol–water partition coefficient (Wildman–Crippen LogP) is 2.35. The van der Waals surface area contributed by atoms with E-state index in [0.29, 0.717) is 11.4 Å². The summed E-state index contributed by atoms with van der Waals surface area (Å²) in [7, 11) is 1.85. The Morgan fingerprint density at radius 3 is 2.65 bits per heavy atom. The molecule has 0 aromatic heterocycles. The number of nitrogens with zero attached hydrogens (tertiary/aromatic N) is 2. The first-order chi connectivity index (χ1) is 9.56. The Balaban J connectivity index is 2.70. The standard InChI is InChI=1S/C15H20N4O/c1-3-4-9-19(2)11-12(10-16)15(20)18-14-7-5-13(17)6-8-14/h5-8,11H,3-4,9,17H2,1-2H3,(H,18,20)/b12-11-. The van der Waals surface area contributed by atoms with Crippen LogP contribution in [0.5, 0.6) is 0 Å². The smallest absolute Gasteiger partial charge is 0.267 e. The molecule has 20 heavy (non-hydrogen) atoms. The van der Waals surface area contributed by atoms with Gasteiger partial charge in [0.25, 0.3) is 5.91 Å². The highest BCUT2D eigenvalue weighted by atomic mass is 16.1. The van der Waals surface area contributed by atoms with E-state index in [4.69, 9.17) is 11.0 Å². The molecule has 0 aliphatic heterocycles. The maximum absolute atomic E-state index is 12.0. The van der Waals surface area contributed by atoms with Gasteiger partial charge in [-0.25, -0.2) is 0 Å². The number of nitrogen functional groups attached to an aromatic ring is 1. The number of nitriles is 1. The van der Waals surface area contributed by atoms with Crippen molar-refractivity contribution in [2.45, 2.75) is 19.8 Å². The summed E-state index contributed by atoms with van der Waals surface area (Å²) >= 11 is 0. The molecule has 0 saturated heterocycles. The minimum Gasteiger partial charge on any atom is -0.399 e. The highest BCUT2D eigenvalue weighted by molar-refractivity contribution is 6.06. The Kier molecular flexibility index (Phi) is 6.11. The second-order valence-electron chi connectivity index (χ2n) is 4.56. The molecule has 1 rings (SSSR count). The molecule has 106 valence electrons. The highest BCUT2D eigenvalue weighted by Crippen LogP contribution is 2.11. The van der Waals surface area contributed by atoms with Crippen LogP contribution in [0.3, 0.4) is 0 Å². The summed E-state index contributed by atoms with van der Waals surface area (Å²) in [5, 5.41) is 11.7. The Morgan fingerprint density at radius 2 is 2.10 bits per heavy atom. The summed E-state index contributed by atoms with van der Waals surface area (Å²) in [4.78, 5) is 13.8. The van der Waals surface area contributed by atoms with Crippen molar-refractivity contribution in [2.75, 3.05) is 24.6 Å². The minimum atomic E-state index is -0.416. The van der Waals surface area contributed by atoms with Gasteiger partial charge >= 0.3 is 0 Å². The van der Waals surface area contributed by atoms with Crippen molar-refractivity contribution in [3.05, 3.63) is 36.0 Å². The number of carbonyl (C=O) groups is 1. The predicted molar refractivity (Wildman–Crippen MR) is 80.7 cm³/mol. The first kappa shape index (κ1) is 15.6. The van der Waals surface area contributed by atoms with Crippen LogP contribution < -0.4 is 11.1 Å². The molecule has 5 heteroatoms. The molecule has 0 atom stereocenters. The molecule has 0 bridgehead atoms. The van der Waals surface area contributed by atoms with Crippen molar-refractivity contribution in [1.82, 2.24) is 4.90 Å². The SMILES string of the molecule is CCCCN(C)/C=C(/C#N)C(=O)Nc1ccc(N)cc1. The molecule has 0 aliphatic rings. The number of hydrogen-bond donors (Lipinski definition) is 2. The molecule has 1 aromatic carbocycles. The van der Waals surface area contributed by atoms with Gasteiger partial charge in [-0.2, -0.15) is 5.26 Å². The van der Waals surface area contributed by atoms with E-state index < -0.39 is 5.91 Å². The molecule has 0 spiro atoms. The number of benzene rings is 1. The maximum Gasteiger partial charge on any atom is 0.267 e. The topological polar surface area (TPSA) is 82.2 Å². The summed E-state index contributed by atoms with van der Waals surface area (Å²) < 4.78 is 0. The van der Waals surface area contributed by atoms with Crippen LogP contribution in [0.4, 0.5) is 11.4 Å². The normalized spacial score (nSPS) is 10.8. The quantitative estimate of drug-likeness (QED) is 0.473. The largest absolute Gasteiger partial charge is 0.399 e. The molecule has 5 nitrogen and oxygen atoms in total. The molecule has 0 aliphatic carbocycles. The second-order valence-corrected chi connectivity index (χ2v) is 4.56. The van der Waals surface area contributed by atoms with Gasteiger partial charge < -0.3 is 16.0 Å². The van der Waals surface area contributed by atoms with E-state index in [1.807, 2.05) is 18.0 Å². The van der Waals surface area contributed by atoms with Crippen LogP contribution in [0, 0.1) is 11.3 Å². The fourth-order valence-corrected chi connectivity index (χ4v) is 1.60. The fourth-order valence-electron chi connectivity index (χ4n) is 1.60. The van der Waals surface area contributed by atoms with Gasteiger partial charge in [0, 0.05) is 31.2 Å². The lowest BCUT2D eigenvalue weighted by atomic mass is 10.2. The third-order valence-electron chi connectivity index (χ3n) is 2.75. The van der Waals surface area contributed by atoms with Gasteiger partial charge in [-0.15, -0.1) is 0 Å². The minimum absolute atomic E-state index is 0.0837. The van der Waals surface area contributed by atoms with Crippen LogP contribution in [0.2, 0.25) is 0 Å². The van der Waals surface area contributed by atoms with E-state index in [-0.39, 0.29) is 5.57 Å². The summed E-state index contributed by atoms with van der Waals surface area (Å²) in [6.45, 7) is 2.91. The monoisotopic (exact) mass is 272 g/mol. The van der Waals surface area contributed by atoms with Crippen molar-refractivity contribution in [3.63, 3.8) is 0 Å². The molecule has 0 heterocycles. The number of nitrogens with two attached hydrogens (primary N) is 1. The van der Waals surface area contributed by atoms with E-state index in [1.165, 1.54) is 0 Å². The lowest BCUT2D eigenvalue weighted by Crippen LogP contribution is -2.19. The first-order valence-electron chi connectivity index (χ1n) is 6.56. The van der Waals surface area contributed by atoms with Crippen molar-refractivity contribution < 1.29 is 4.79 Å². The molecule has 3 N–H and O–H groups in total. The van der Waals surface area contributed by atoms with E-state index >= 15 is 0 Å². The molecule has 0 saturated carbocycles. The Bertz CT molecular complexity index is 514. The molecular weight excluding hydrogens is 252 g/mol. The van der Waals surface area contributed by atoms with Crippen molar-refractivity contribution in [3.8, 4) is 6.07 Å². The molecule has 0 unspecified atom stereocenters. The van der Waals surface area contributed by atoms with Crippen LogP contribution in [-0.2, 0) is 4.79 Å². The lowest BCUT2D eigenvalue weighted by molar-refractivity contribution is -0.112. The lowest BCUT2D eigenvalue weighted by Gasteiger charge is -2.14. The van der Waals surface area contributed by atoms with Gasteiger partial charge in [0.1, 0.15) is 11.6 Å². The van der Waals surface area contributed by atoms with Crippen molar-refractivity contribution in [1.29, 1.82) is 5.26 Å². The zero-order chi connectivity index (χ0) is 15.0. The number of nitrogens with one attached hydrogen (secondary N) is 1. The number of carbonyl (C=O) groups excluding carboxylic acids is 1. The van der Waals surface area contributed by atoms with E-state index in [1.54, 1.807) is 30.5 Å². The Labute approximate surface area is 119 Å². The summed E-state index contributed by atoms with van der Waals surface area (Å²) in [5.74, 6) is -0.416. The Morgan fingerprint density at radius 1 is 1.45 bits per heavy atom. The number of hydrogen-bond acceptors (Lipinski definition) is 4. The number of amides is 1. The molecular formula is C15H20N4O. The zero-order valence-electron chi connectivity index (χ0n) is 11.9. The summed E-state index contributed by atoms with van der Waals surface area (Å²) in [6, 6.07) is 8.70. The molecule has 0 radical (unpaired) electrons. The van der Waals surface area contributed by atoms with Crippen LogP contribution >= 0.6 is 0 Å². The molecule has 1 amide bonds. The number of anilines is 2. The average molecular weight is 272 g/mol. The third kappa shape index (κ3) is 5.02. The van der Waals surface area contributed by atoms with E-state index in [2.05, 4.69) is 12.2 Å². The number of unbranched alkanes of at least 4 members (excludes halogenated alkanes) is 1. The van der Waals surface area contributed by atoms with Gasteiger partial charge in [0.15, 0.2) is 0 Å². The number of rotatable bonds is 6. The van der Waals surface area contributed by atoms with Gasteiger partial charge in [0.2, 0.25) is 0 Å². The van der Waals surface area contributed by atoms with Crippen LogP contribution in [-0.4, -0.2) is 24.4 Å². The zero-order valence-corrected chi connectivity index (χ0v) is 11.9. The van der Waals surface area contributed by atoms with E-state index in [0.717, 1.165) is 19.4 Å². The van der Waals surface area contributed by atoms with Crippen LogP contribution in [0.15, 0.2) is 36.0 Å². The molecule has 1 aromatic rings. The fraction of sp³-hybridized carbons (Fsp3) is 0.333. The van der Waals surface area contributed by atoms with Crippen molar-refractivity contribution >= 4 is 17.3 Å². The van der Waals surface area contributed by atoms with Crippen LogP contribution in [0.1, 0.15) is 19.8 Å². The second kappa shape index (κ2) is 7.85. The van der Waals surface area contributed by atoms with Gasteiger partial charge in [-0.05, 0) is 30.7 Å². The first-order valence-corrected chi connectivity index (χ1v) is 6.56. The third-order valence-corrected chi connectivity index (χ3v) is 2.75. The average Bonchev–Trinajstić information content (AvgIpc) is 2.44. The summed E-state index contributed by atoms with van der Waals surface area (Å²) in [6.07, 6.45) is 3.66. The van der Waals surface area contributed by atoms with Gasteiger partial charge in [-0.3, -0.25) is 4.79 Å². The van der Waals surface area contributed by atoms with Gasteiger partial charge in [-0.1, -0.05) is 13.3 Å². The Hall–Kier alpha value is -2.48. The van der Waals surface area contributed by atoms with Crippen LogP contribution in [0.25, 0.3) is 0 Å². The molecule has 0 fully saturated rings. The summed E-state index contributed by atoms with van der Waals surface area (Å²) in [5.41, 5.74) is 6.89. The van der Waals surface area contributed by atoms with E-state index in [9.17, 15) is 4.79 Å². The van der Waals surface area contributed by atoms with Crippen molar-refractivity contribution in [2.24, 2.45) is 0 Å².